The minimum absolute atomic E-state index is 0.391. The predicted molar refractivity (Wildman–Crippen MR) is 121 cm³/mol. The molecule has 7 rings (SSSR count). The van der Waals surface area contributed by atoms with E-state index in [0.29, 0.717) is 23.5 Å². The highest BCUT2D eigenvalue weighted by Gasteiger charge is 2.64. The number of benzene rings is 1. The van der Waals surface area contributed by atoms with E-state index in [4.69, 9.17) is 29.0 Å². The van der Waals surface area contributed by atoms with Crippen LogP contribution in [0, 0.1) is 23.7 Å². The van der Waals surface area contributed by atoms with E-state index in [2.05, 4.69) is 12.1 Å². The van der Waals surface area contributed by atoms with Crippen LogP contribution in [-0.4, -0.2) is 30.3 Å². The summed E-state index contributed by atoms with van der Waals surface area (Å²) in [5.74, 6) is 1.59. The normalized spacial score (nSPS) is 41.1. The van der Waals surface area contributed by atoms with Gasteiger partial charge in [-0.3, -0.25) is 0 Å². The van der Waals surface area contributed by atoms with E-state index >= 15 is 0 Å². The third kappa shape index (κ3) is 3.76. The molecule has 1 aromatic carbocycles. The van der Waals surface area contributed by atoms with Gasteiger partial charge in [-0.2, -0.15) is 19.6 Å². The zero-order valence-corrected chi connectivity index (χ0v) is 20.4. The molecular weight excluding hydrogens is 436 g/mol. The maximum atomic E-state index is 11.9. The number of hydrogen-bond donors (Lipinski definition) is 0. The lowest BCUT2D eigenvalue weighted by Crippen LogP contribution is -2.64. The summed E-state index contributed by atoms with van der Waals surface area (Å²) in [6, 6.07) is 7.98. The smallest absolute Gasteiger partial charge is 0.349 e. The van der Waals surface area contributed by atoms with Crippen molar-refractivity contribution in [1.82, 2.24) is 0 Å². The third-order valence-electron chi connectivity index (χ3n) is 9.07. The highest BCUT2D eigenvalue weighted by molar-refractivity contribution is 5.78. The molecule has 0 amide bonds. The molecule has 0 aromatic heterocycles. The maximum Gasteiger partial charge on any atom is 0.349 e. The van der Waals surface area contributed by atoms with Crippen molar-refractivity contribution in [3.8, 4) is 5.75 Å². The van der Waals surface area contributed by atoms with Crippen LogP contribution < -0.4 is 4.74 Å². The standard InChI is InChI=1S/C27H36O7/c1-25(2,24(28)29-3)30-23-6-4-19(5-7-23)20-8-10-26(11-9-20)31-33-27(34-32-26)21-13-17-12-18(15-21)16-22(27)14-17/h4-7,17-18,20-22H,8-16H2,1-3H3. The Morgan fingerprint density at radius 1 is 0.882 bits per heavy atom. The largest absolute Gasteiger partial charge is 0.476 e. The lowest BCUT2D eigenvalue weighted by molar-refractivity contribution is -0.680. The van der Waals surface area contributed by atoms with Crippen LogP contribution >= 0.6 is 0 Å². The van der Waals surface area contributed by atoms with Gasteiger partial charge in [-0.15, -0.1) is 0 Å². The summed E-state index contributed by atoms with van der Waals surface area (Å²) in [5, 5.41) is 0. The Bertz CT molecular complexity index is 875. The van der Waals surface area contributed by atoms with E-state index in [1.165, 1.54) is 44.8 Å². The van der Waals surface area contributed by atoms with Crippen molar-refractivity contribution in [3.05, 3.63) is 29.8 Å². The van der Waals surface area contributed by atoms with Gasteiger partial charge in [0.05, 0.1) is 7.11 Å². The molecule has 5 aliphatic carbocycles. The molecule has 186 valence electrons. The molecule has 6 fully saturated rings. The van der Waals surface area contributed by atoms with Crippen molar-refractivity contribution < 1.29 is 33.8 Å². The van der Waals surface area contributed by atoms with Gasteiger partial charge < -0.3 is 9.47 Å². The summed E-state index contributed by atoms with van der Waals surface area (Å²) in [6.45, 7) is 3.41. The molecule has 1 aliphatic heterocycles. The average Bonchev–Trinajstić information content (AvgIpc) is 2.84. The molecule has 0 N–H and O–H groups in total. The van der Waals surface area contributed by atoms with Gasteiger partial charge in [0.1, 0.15) is 5.75 Å². The number of carbonyl (C=O) groups excluding carboxylic acids is 1. The Balaban J connectivity index is 1.05. The molecule has 1 aromatic rings. The van der Waals surface area contributed by atoms with E-state index in [1.54, 1.807) is 13.8 Å². The summed E-state index contributed by atoms with van der Waals surface area (Å²) in [4.78, 5) is 36.3. The van der Waals surface area contributed by atoms with Crippen molar-refractivity contribution in [2.45, 2.75) is 94.7 Å². The van der Waals surface area contributed by atoms with Crippen LogP contribution in [0.5, 0.6) is 5.75 Å². The van der Waals surface area contributed by atoms with Crippen LogP contribution in [0.25, 0.3) is 0 Å². The Labute approximate surface area is 201 Å². The number of esters is 1. The second kappa shape index (κ2) is 8.19. The van der Waals surface area contributed by atoms with Crippen LogP contribution in [0.1, 0.15) is 83.1 Å². The molecule has 5 saturated carbocycles. The predicted octanol–water partition coefficient (Wildman–Crippen LogP) is 5.43. The van der Waals surface area contributed by atoms with Crippen molar-refractivity contribution in [3.63, 3.8) is 0 Å². The zero-order valence-electron chi connectivity index (χ0n) is 20.4. The van der Waals surface area contributed by atoms with Gasteiger partial charge in [0.2, 0.25) is 11.6 Å². The summed E-state index contributed by atoms with van der Waals surface area (Å²) in [5.41, 5.74) is 0.214. The van der Waals surface area contributed by atoms with Crippen molar-refractivity contribution in [2.24, 2.45) is 23.7 Å². The van der Waals surface area contributed by atoms with Crippen molar-refractivity contribution >= 4 is 5.97 Å². The lowest BCUT2D eigenvalue weighted by atomic mass is 9.53. The first-order chi connectivity index (χ1) is 16.3. The van der Waals surface area contributed by atoms with Crippen LogP contribution in [0.2, 0.25) is 0 Å². The summed E-state index contributed by atoms with van der Waals surface area (Å²) < 4.78 is 10.7. The van der Waals surface area contributed by atoms with Gasteiger partial charge in [-0.05, 0) is 94.2 Å². The maximum absolute atomic E-state index is 11.9. The van der Waals surface area contributed by atoms with E-state index in [1.807, 2.05) is 12.1 Å². The Kier molecular flexibility index (Phi) is 5.48. The Morgan fingerprint density at radius 2 is 1.44 bits per heavy atom. The first-order valence-electron chi connectivity index (χ1n) is 12.9. The van der Waals surface area contributed by atoms with Crippen molar-refractivity contribution in [1.29, 1.82) is 0 Å². The molecule has 4 bridgehead atoms. The van der Waals surface area contributed by atoms with E-state index in [-0.39, 0.29) is 0 Å². The van der Waals surface area contributed by atoms with Gasteiger partial charge in [0.15, 0.2) is 5.60 Å². The van der Waals surface area contributed by atoms with E-state index in [9.17, 15) is 4.79 Å². The number of rotatable bonds is 4. The molecule has 1 heterocycles. The van der Waals surface area contributed by atoms with Crippen LogP contribution in [0.3, 0.4) is 0 Å². The number of ether oxygens (including phenoxy) is 2. The van der Waals surface area contributed by atoms with Crippen molar-refractivity contribution in [2.75, 3.05) is 7.11 Å². The molecule has 6 aliphatic rings. The topological polar surface area (TPSA) is 72.5 Å². The minimum Gasteiger partial charge on any atom is -0.476 e. The molecule has 7 nitrogen and oxygen atoms in total. The monoisotopic (exact) mass is 472 g/mol. The molecule has 0 unspecified atom stereocenters. The SMILES string of the molecule is COC(=O)C(C)(C)Oc1ccc(C2CCC3(CC2)OOC2(OO3)C3CC4CC(C3)CC2C4)cc1. The summed E-state index contributed by atoms with van der Waals surface area (Å²) in [7, 11) is 1.37. The molecule has 0 radical (unpaired) electrons. The van der Waals surface area contributed by atoms with Gasteiger partial charge in [-0.25, -0.2) is 4.79 Å². The quantitative estimate of drug-likeness (QED) is 0.427. The summed E-state index contributed by atoms with van der Waals surface area (Å²) >= 11 is 0. The first kappa shape index (κ1) is 22.8. The molecular formula is C27H36O7. The molecule has 0 atom stereocenters. The van der Waals surface area contributed by atoms with Gasteiger partial charge in [0, 0.05) is 24.7 Å². The average molecular weight is 473 g/mol. The van der Waals surface area contributed by atoms with Crippen LogP contribution in [0.15, 0.2) is 24.3 Å². The lowest BCUT2D eigenvalue weighted by Gasteiger charge is -2.60. The number of methoxy groups -OCH3 is 1. The van der Waals surface area contributed by atoms with E-state index < -0.39 is 23.1 Å². The minimum atomic E-state index is -1.03. The zero-order chi connectivity index (χ0) is 23.6. The van der Waals surface area contributed by atoms with Gasteiger partial charge in [0.25, 0.3) is 0 Å². The fourth-order valence-electron chi connectivity index (χ4n) is 7.37. The highest BCUT2D eigenvalue weighted by atomic mass is 17.4. The van der Waals surface area contributed by atoms with E-state index in [0.717, 1.165) is 37.5 Å². The molecule has 34 heavy (non-hydrogen) atoms. The molecule has 1 saturated heterocycles. The highest BCUT2D eigenvalue weighted by Crippen LogP contribution is 2.62. The molecule has 7 heteroatoms. The Morgan fingerprint density at radius 3 is 1.97 bits per heavy atom. The Hall–Kier alpha value is -1.67. The first-order valence-corrected chi connectivity index (χ1v) is 12.9. The van der Waals surface area contributed by atoms with Gasteiger partial charge in [-0.1, -0.05) is 12.1 Å². The second-order valence-corrected chi connectivity index (χ2v) is 11.7. The van der Waals surface area contributed by atoms with Crippen LogP contribution in [0.4, 0.5) is 0 Å². The fraction of sp³-hybridized carbons (Fsp3) is 0.741. The third-order valence-corrected chi connectivity index (χ3v) is 9.07. The number of carbonyl (C=O) groups is 1. The van der Waals surface area contributed by atoms with Gasteiger partial charge >= 0.3 is 5.97 Å². The van der Waals surface area contributed by atoms with Crippen LogP contribution in [-0.2, 0) is 29.1 Å². The number of hydrogen-bond acceptors (Lipinski definition) is 7. The second-order valence-electron chi connectivity index (χ2n) is 11.7. The molecule has 2 spiro atoms. The summed E-state index contributed by atoms with van der Waals surface area (Å²) in [6.07, 6.45) is 9.36. The fourth-order valence-corrected chi connectivity index (χ4v) is 7.37.